The Morgan fingerprint density at radius 1 is 0.900 bits per heavy atom. The third-order valence-corrected chi connectivity index (χ3v) is 6.58. The van der Waals surface area contributed by atoms with Gasteiger partial charge in [0.15, 0.2) is 0 Å². The molecule has 152 valence electrons. The third-order valence-electron chi connectivity index (χ3n) is 6.58. The highest BCUT2D eigenvalue weighted by atomic mass is 15.1. The number of hydrogen-bond acceptors (Lipinski definition) is 2. The molecule has 0 saturated carbocycles. The Morgan fingerprint density at radius 2 is 1.60 bits per heavy atom. The van der Waals surface area contributed by atoms with E-state index in [1.165, 1.54) is 33.5 Å². The van der Waals surface area contributed by atoms with E-state index in [0.29, 0.717) is 11.8 Å². The largest absolute Gasteiger partial charge is 0.329 e. The average molecular weight is 396 g/mol. The Morgan fingerprint density at radius 3 is 2.30 bits per heavy atom. The number of dihydropyridines is 1. The van der Waals surface area contributed by atoms with Crippen LogP contribution in [0.4, 0.5) is 0 Å². The summed E-state index contributed by atoms with van der Waals surface area (Å²) in [6.45, 7) is 9.08. The molecule has 3 nitrogen and oxygen atoms in total. The van der Waals surface area contributed by atoms with Crippen molar-refractivity contribution in [1.29, 1.82) is 0 Å². The van der Waals surface area contributed by atoms with Gasteiger partial charge in [0.2, 0.25) is 0 Å². The highest BCUT2D eigenvalue weighted by molar-refractivity contribution is 5.80. The normalized spacial score (nSPS) is 19.2. The molecule has 0 bridgehead atoms. The zero-order valence-corrected chi connectivity index (χ0v) is 18.4. The van der Waals surface area contributed by atoms with Gasteiger partial charge in [-0.15, -0.1) is 0 Å². The lowest BCUT2D eigenvalue weighted by Crippen LogP contribution is -2.19. The molecule has 2 aromatic carbocycles. The van der Waals surface area contributed by atoms with Gasteiger partial charge in [0, 0.05) is 30.3 Å². The van der Waals surface area contributed by atoms with Crippen LogP contribution >= 0.6 is 0 Å². The van der Waals surface area contributed by atoms with Gasteiger partial charge in [0.1, 0.15) is 11.9 Å². The summed E-state index contributed by atoms with van der Waals surface area (Å²) in [7, 11) is 2.17. The van der Waals surface area contributed by atoms with Crippen molar-refractivity contribution in [1.82, 2.24) is 9.55 Å². The summed E-state index contributed by atoms with van der Waals surface area (Å²) in [5.74, 6) is 2.20. The predicted molar refractivity (Wildman–Crippen MR) is 125 cm³/mol. The van der Waals surface area contributed by atoms with Gasteiger partial charge in [0.25, 0.3) is 0 Å². The summed E-state index contributed by atoms with van der Waals surface area (Å²) in [5, 5.41) is 0. The molecule has 5 rings (SSSR count). The second-order valence-electron chi connectivity index (χ2n) is 9.09. The molecule has 2 unspecified atom stereocenters. The van der Waals surface area contributed by atoms with Gasteiger partial charge in [-0.05, 0) is 34.6 Å². The van der Waals surface area contributed by atoms with E-state index in [1.807, 2.05) is 6.21 Å². The van der Waals surface area contributed by atoms with Gasteiger partial charge in [0.05, 0.1) is 11.4 Å². The van der Waals surface area contributed by atoms with E-state index >= 15 is 0 Å². The molecule has 2 aliphatic rings. The van der Waals surface area contributed by atoms with Crippen molar-refractivity contribution in [2.75, 3.05) is 0 Å². The minimum atomic E-state index is 0.0832. The quantitative estimate of drug-likeness (QED) is 0.481. The summed E-state index contributed by atoms with van der Waals surface area (Å²) in [6.07, 6.45) is 6.30. The third kappa shape index (κ3) is 2.72. The first kappa shape index (κ1) is 19.0. The average Bonchev–Trinajstić information content (AvgIpc) is 3.10. The number of hydrogen-bond donors (Lipinski definition) is 0. The Balaban J connectivity index is 1.82. The molecule has 0 spiro atoms. The lowest BCUT2D eigenvalue weighted by atomic mass is 9.79. The Labute approximate surface area is 179 Å². The van der Waals surface area contributed by atoms with Gasteiger partial charge in [-0.3, -0.25) is 4.99 Å². The van der Waals surface area contributed by atoms with Crippen molar-refractivity contribution in [3.05, 3.63) is 77.0 Å². The van der Waals surface area contributed by atoms with Crippen molar-refractivity contribution in [3.8, 4) is 22.6 Å². The van der Waals surface area contributed by atoms with E-state index in [0.717, 1.165) is 11.5 Å². The van der Waals surface area contributed by atoms with E-state index in [2.05, 4.69) is 93.9 Å². The molecule has 2 heterocycles. The Bertz CT molecular complexity index is 1150. The molecule has 2 atom stereocenters. The Hall–Kier alpha value is -2.94. The first-order chi connectivity index (χ1) is 14.5. The molecular formula is C27H29N3. The van der Waals surface area contributed by atoms with Crippen LogP contribution in [0.3, 0.4) is 0 Å². The second kappa shape index (κ2) is 7.09. The molecule has 30 heavy (non-hydrogen) atoms. The molecular weight excluding hydrogens is 366 g/mol. The maximum atomic E-state index is 5.30. The molecule has 0 fully saturated rings. The lowest BCUT2D eigenvalue weighted by Gasteiger charge is -2.31. The smallest absolute Gasteiger partial charge is 0.141 e. The number of rotatable bonds is 3. The van der Waals surface area contributed by atoms with Gasteiger partial charge >= 0.3 is 0 Å². The van der Waals surface area contributed by atoms with Crippen molar-refractivity contribution in [2.24, 2.45) is 12.0 Å². The predicted octanol–water partition coefficient (Wildman–Crippen LogP) is 6.78. The van der Waals surface area contributed by atoms with Crippen molar-refractivity contribution < 1.29 is 0 Å². The fourth-order valence-corrected chi connectivity index (χ4v) is 5.11. The number of aliphatic imine (C=N–C) groups is 1. The zero-order valence-electron chi connectivity index (χ0n) is 18.4. The monoisotopic (exact) mass is 395 g/mol. The minimum absolute atomic E-state index is 0.0832. The van der Waals surface area contributed by atoms with Crippen LogP contribution in [0, 0.1) is 0 Å². The lowest BCUT2D eigenvalue weighted by molar-refractivity contribution is 0.595. The van der Waals surface area contributed by atoms with Crippen molar-refractivity contribution in [3.63, 3.8) is 0 Å². The molecule has 3 aromatic rings. The first-order valence-corrected chi connectivity index (χ1v) is 11.0. The van der Waals surface area contributed by atoms with Crippen LogP contribution in [0.1, 0.15) is 73.9 Å². The Kier molecular flexibility index (Phi) is 4.50. The summed E-state index contributed by atoms with van der Waals surface area (Å²) in [4.78, 5) is 10.2. The fraction of sp³-hybridized carbons (Fsp3) is 0.333. The van der Waals surface area contributed by atoms with Crippen LogP contribution in [0.15, 0.2) is 59.6 Å². The molecule has 0 radical (unpaired) electrons. The van der Waals surface area contributed by atoms with Crippen molar-refractivity contribution in [2.45, 2.75) is 51.5 Å². The minimum Gasteiger partial charge on any atom is -0.329 e. The zero-order chi connectivity index (χ0) is 21.0. The number of benzene rings is 2. The first-order valence-electron chi connectivity index (χ1n) is 11.0. The SMILES string of the molecule is CC(C)c1cccc(C(C)C)c1-c1nc2c(n1C)C1N=CC=CC1c1ccccc1-2. The van der Waals surface area contributed by atoms with E-state index in [9.17, 15) is 0 Å². The van der Waals surface area contributed by atoms with Crippen molar-refractivity contribution >= 4 is 6.21 Å². The molecule has 1 aliphatic carbocycles. The number of aromatic nitrogens is 2. The molecule has 1 aliphatic heterocycles. The van der Waals surface area contributed by atoms with E-state index in [1.54, 1.807) is 0 Å². The summed E-state index contributed by atoms with van der Waals surface area (Å²) < 4.78 is 2.31. The van der Waals surface area contributed by atoms with Gasteiger partial charge in [-0.1, -0.05) is 76.2 Å². The van der Waals surface area contributed by atoms with Gasteiger partial charge < -0.3 is 4.57 Å². The number of nitrogens with zero attached hydrogens (tertiary/aromatic N) is 3. The maximum absolute atomic E-state index is 5.30. The number of allylic oxidation sites excluding steroid dienone is 1. The molecule has 0 amide bonds. The van der Waals surface area contributed by atoms with Gasteiger partial charge in [-0.2, -0.15) is 0 Å². The van der Waals surface area contributed by atoms with E-state index in [-0.39, 0.29) is 12.0 Å². The highest BCUT2D eigenvalue weighted by Gasteiger charge is 2.37. The highest BCUT2D eigenvalue weighted by Crippen LogP contribution is 2.50. The van der Waals surface area contributed by atoms with E-state index < -0.39 is 0 Å². The summed E-state index contributed by atoms with van der Waals surface area (Å²) in [6, 6.07) is 15.5. The molecule has 0 N–H and O–H groups in total. The summed E-state index contributed by atoms with van der Waals surface area (Å²) >= 11 is 0. The standard InChI is InChI=1S/C27H29N3/c1-16(2)18-12-8-13-19(17(3)4)23(18)27-29-25-22-11-7-6-10-20(22)21-14-9-15-28-24(21)26(25)30(27)5/h6-17,21,24H,1-5H3. The molecule has 0 saturated heterocycles. The van der Waals surface area contributed by atoms with Gasteiger partial charge in [-0.25, -0.2) is 4.98 Å². The molecule has 3 heteroatoms. The number of imidazole rings is 1. The molecule has 1 aromatic heterocycles. The van der Waals surface area contributed by atoms with Crippen LogP contribution in [0.5, 0.6) is 0 Å². The maximum Gasteiger partial charge on any atom is 0.141 e. The van der Waals surface area contributed by atoms with Crippen LogP contribution in [-0.2, 0) is 7.05 Å². The van der Waals surface area contributed by atoms with Crippen LogP contribution in [0.25, 0.3) is 22.6 Å². The van der Waals surface area contributed by atoms with Crippen LogP contribution < -0.4 is 0 Å². The second-order valence-corrected chi connectivity index (χ2v) is 9.09. The fourth-order valence-electron chi connectivity index (χ4n) is 5.11. The van der Waals surface area contributed by atoms with E-state index in [4.69, 9.17) is 9.98 Å². The number of fused-ring (bicyclic) bond motifs is 6. The summed E-state index contributed by atoms with van der Waals surface area (Å²) in [5.41, 5.74) is 8.91. The van der Waals surface area contributed by atoms with Crippen LogP contribution in [0.2, 0.25) is 0 Å². The topological polar surface area (TPSA) is 30.2 Å². The van der Waals surface area contributed by atoms with Crippen LogP contribution in [-0.4, -0.2) is 15.8 Å².